The molecule has 0 aliphatic heterocycles. The Hall–Kier alpha value is -0.870. The predicted molar refractivity (Wildman–Crippen MR) is 60.4 cm³/mol. The van der Waals surface area contributed by atoms with E-state index < -0.39 is 0 Å². The van der Waals surface area contributed by atoms with Crippen molar-refractivity contribution in [1.29, 1.82) is 0 Å². The van der Waals surface area contributed by atoms with Crippen molar-refractivity contribution in [2.45, 2.75) is 32.9 Å². The molecule has 2 N–H and O–H groups in total. The van der Waals surface area contributed by atoms with Crippen molar-refractivity contribution >= 4 is 0 Å². The maximum absolute atomic E-state index is 9.21. The summed E-state index contributed by atoms with van der Waals surface area (Å²) in [5.74, 6) is 1.53. The van der Waals surface area contributed by atoms with E-state index in [4.69, 9.17) is 0 Å². The molecule has 0 bridgehead atoms. The third-order valence-corrected chi connectivity index (χ3v) is 2.44. The molecular weight excluding hydrogens is 190 g/mol. The van der Waals surface area contributed by atoms with E-state index in [0.717, 1.165) is 25.3 Å². The van der Waals surface area contributed by atoms with Crippen LogP contribution in [0.25, 0.3) is 0 Å². The molecule has 15 heavy (non-hydrogen) atoms. The summed E-state index contributed by atoms with van der Waals surface area (Å²) in [6, 6.07) is 0. The first-order valence-corrected chi connectivity index (χ1v) is 5.44. The van der Waals surface area contributed by atoms with E-state index in [1.54, 1.807) is 6.20 Å². The Balaban J connectivity index is 2.19. The molecule has 1 aromatic rings. The minimum absolute atomic E-state index is 0.213. The summed E-state index contributed by atoms with van der Waals surface area (Å²) in [5.41, 5.74) is 0. The number of imidazole rings is 1. The van der Waals surface area contributed by atoms with Gasteiger partial charge >= 0.3 is 0 Å². The lowest BCUT2D eigenvalue weighted by atomic mass is 10.1. The van der Waals surface area contributed by atoms with Gasteiger partial charge in [0.1, 0.15) is 5.82 Å². The van der Waals surface area contributed by atoms with Crippen molar-refractivity contribution < 1.29 is 5.11 Å². The van der Waals surface area contributed by atoms with E-state index >= 15 is 0 Å². The van der Waals surface area contributed by atoms with Crippen molar-refractivity contribution in [3.8, 4) is 0 Å². The lowest BCUT2D eigenvalue weighted by molar-refractivity contribution is 0.163. The number of rotatable bonds is 6. The summed E-state index contributed by atoms with van der Waals surface area (Å²) < 4.78 is 2.01. The Morgan fingerprint density at radius 2 is 2.27 bits per heavy atom. The quantitative estimate of drug-likeness (QED) is 0.735. The van der Waals surface area contributed by atoms with E-state index in [1.807, 2.05) is 24.7 Å². The van der Waals surface area contributed by atoms with Crippen LogP contribution in [0, 0.1) is 5.92 Å². The normalized spacial score (nSPS) is 15.2. The molecule has 0 amide bonds. The van der Waals surface area contributed by atoms with E-state index in [2.05, 4.69) is 17.2 Å². The second-order valence-corrected chi connectivity index (χ2v) is 4.28. The molecule has 1 rings (SSSR count). The molecule has 0 aromatic carbocycles. The van der Waals surface area contributed by atoms with Gasteiger partial charge in [-0.15, -0.1) is 0 Å². The lowest BCUT2D eigenvalue weighted by Gasteiger charge is -2.13. The summed E-state index contributed by atoms with van der Waals surface area (Å²) >= 11 is 0. The number of nitrogens with zero attached hydrogens (tertiary/aromatic N) is 2. The zero-order valence-corrected chi connectivity index (χ0v) is 9.77. The molecule has 0 aliphatic rings. The van der Waals surface area contributed by atoms with Gasteiger partial charge < -0.3 is 15.0 Å². The van der Waals surface area contributed by atoms with Gasteiger partial charge in [0, 0.05) is 19.4 Å². The number of aromatic nitrogens is 2. The molecule has 0 saturated carbocycles. The number of hydrogen-bond acceptors (Lipinski definition) is 3. The topological polar surface area (TPSA) is 50.1 Å². The minimum Gasteiger partial charge on any atom is -0.393 e. The van der Waals surface area contributed by atoms with Crippen LogP contribution >= 0.6 is 0 Å². The summed E-state index contributed by atoms with van der Waals surface area (Å²) in [6.07, 6.45) is 4.37. The number of nitrogens with one attached hydrogen (secondary N) is 1. The molecule has 0 radical (unpaired) electrons. The number of hydrogen-bond donors (Lipinski definition) is 2. The number of aliphatic hydroxyl groups excluding tert-OH is 1. The van der Waals surface area contributed by atoms with Crippen LogP contribution in [0.5, 0.6) is 0 Å². The van der Waals surface area contributed by atoms with Crippen LogP contribution in [0.15, 0.2) is 12.4 Å². The van der Waals surface area contributed by atoms with Crippen LogP contribution in [0.3, 0.4) is 0 Å². The number of aliphatic hydroxyl groups is 1. The SMILES string of the molecule is CC(O)CC(C)CNCc1nccn1C. The van der Waals surface area contributed by atoms with Crippen LogP contribution in [0.4, 0.5) is 0 Å². The maximum atomic E-state index is 9.21. The van der Waals surface area contributed by atoms with Crippen LogP contribution in [0.2, 0.25) is 0 Å². The number of aryl methyl sites for hydroxylation is 1. The largest absolute Gasteiger partial charge is 0.393 e. The zero-order valence-electron chi connectivity index (χ0n) is 9.77. The molecule has 0 aliphatic carbocycles. The van der Waals surface area contributed by atoms with Gasteiger partial charge in [-0.05, 0) is 25.8 Å². The Labute approximate surface area is 91.3 Å². The van der Waals surface area contributed by atoms with Gasteiger partial charge in [-0.1, -0.05) is 6.92 Å². The second kappa shape index (κ2) is 5.88. The summed E-state index contributed by atoms with van der Waals surface area (Å²) in [4.78, 5) is 4.22. The van der Waals surface area contributed by atoms with Crippen LogP contribution in [-0.2, 0) is 13.6 Å². The third-order valence-electron chi connectivity index (χ3n) is 2.44. The summed E-state index contributed by atoms with van der Waals surface area (Å²) in [5, 5.41) is 12.5. The molecule has 2 atom stereocenters. The fourth-order valence-electron chi connectivity index (χ4n) is 1.66. The lowest BCUT2D eigenvalue weighted by Crippen LogP contribution is -2.24. The van der Waals surface area contributed by atoms with Crippen LogP contribution < -0.4 is 5.32 Å². The molecule has 0 spiro atoms. The van der Waals surface area contributed by atoms with Crippen molar-refractivity contribution in [1.82, 2.24) is 14.9 Å². The highest BCUT2D eigenvalue weighted by molar-refractivity contribution is 4.90. The Bertz CT molecular complexity index is 283. The zero-order chi connectivity index (χ0) is 11.3. The summed E-state index contributed by atoms with van der Waals surface area (Å²) in [7, 11) is 1.99. The van der Waals surface area contributed by atoms with E-state index in [-0.39, 0.29) is 6.10 Å². The van der Waals surface area contributed by atoms with Gasteiger partial charge in [0.2, 0.25) is 0 Å². The smallest absolute Gasteiger partial charge is 0.122 e. The van der Waals surface area contributed by atoms with Gasteiger partial charge in [0.15, 0.2) is 0 Å². The van der Waals surface area contributed by atoms with Crippen molar-refractivity contribution in [3.63, 3.8) is 0 Å². The first-order chi connectivity index (χ1) is 7.09. The van der Waals surface area contributed by atoms with Gasteiger partial charge in [0.25, 0.3) is 0 Å². The first kappa shape index (κ1) is 12.2. The molecule has 4 nitrogen and oxygen atoms in total. The average molecular weight is 211 g/mol. The fraction of sp³-hybridized carbons (Fsp3) is 0.727. The molecular formula is C11H21N3O. The van der Waals surface area contributed by atoms with Crippen LogP contribution in [0.1, 0.15) is 26.1 Å². The van der Waals surface area contributed by atoms with E-state index in [1.165, 1.54) is 0 Å². The van der Waals surface area contributed by atoms with Gasteiger partial charge in [-0.25, -0.2) is 4.98 Å². The van der Waals surface area contributed by atoms with Crippen molar-refractivity contribution in [2.24, 2.45) is 13.0 Å². The van der Waals surface area contributed by atoms with Gasteiger partial charge in [-0.3, -0.25) is 0 Å². The standard InChI is InChI=1S/C11H21N3O/c1-9(6-10(2)15)7-12-8-11-13-4-5-14(11)3/h4-5,9-10,12,15H,6-8H2,1-3H3. The minimum atomic E-state index is -0.213. The average Bonchev–Trinajstić information content (AvgIpc) is 2.50. The Morgan fingerprint density at radius 3 is 2.80 bits per heavy atom. The van der Waals surface area contributed by atoms with Gasteiger partial charge in [-0.2, -0.15) is 0 Å². The van der Waals surface area contributed by atoms with Crippen LogP contribution in [-0.4, -0.2) is 27.3 Å². The van der Waals surface area contributed by atoms with Crippen molar-refractivity contribution in [3.05, 3.63) is 18.2 Å². The summed E-state index contributed by atoms with van der Waals surface area (Å²) in [6.45, 7) is 5.67. The van der Waals surface area contributed by atoms with Crippen molar-refractivity contribution in [2.75, 3.05) is 6.54 Å². The molecule has 1 aromatic heterocycles. The van der Waals surface area contributed by atoms with Gasteiger partial charge in [0.05, 0.1) is 12.6 Å². The molecule has 2 unspecified atom stereocenters. The molecule has 0 fully saturated rings. The van der Waals surface area contributed by atoms with E-state index in [9.17, 15) is 5.11 Å². The first-order valence-electron chi connectivity index (χ1n) is 5.44. The maximum Gasteiger partial charge on any atom is 0.122 e. The molecule has 1 heterocycles. The fourth-order valence-corrected chi connectivity index (χ4v) is 1.66. The van der Waals surface area contributed by atoms with E-state index in [0.29, 0.717) is 5.92 Å². The Morgan fingerprint density at radius 1 is 1.53 bits per heavy atom. The highest BCUT2D eigenvalue weighted by atomic mass is 16.3. The highest BCUT2D eigenvalue weighted by Crippen LogP contribution is 2.04. The monoisotopic (exact) mass is 211 g/mol. The Kier molecular flexibility index (Phi) is 4.78. The second-order valence-electron chi connectivity index (χ2n) is 4.28. The molecule has 0 saturated heterocycles. The molecule has 4 heteroatoms. The third kappa shape index (κ3) is 4.44. The highest BCUT2D eigenvalue weighted by Gasteiger charge is 2.06. The molecule has 86 valence electrons. The predicted octanol–water partition coefficient (Wildman–Crippen LogP) is 0.917.